The van der Waals surface area contributed by atoms with Crippen molar-refractivity contribution >= 4 is 23.0 Å². The summed E-state index contributed by atoms with van der Waals surface area (Å²) < 4.78 is 17.2. The molecular weight excluding hydrogens is 352 g/mol. The zero-order valence-corrected chi connectivity index (χ0v) is 15.3. The Labute approximate surface area is 155 Å². The molecule has 0 unspecified atom stereocenters. The van der Waals surface area contributed by atoms with Crippen molar-refractivity contribution in [3.05, 3.63) is 17.8 Å². The Morgan fingerprint density at radius 3 is 2.37 bits per heavy atom. The quantitative estimate of drug-likeness (QED) is 0.639. The lowest BCUT2D eigenvalue weighted by Crippen LogP contribution is -2.48. The van der Waals surface area contributed by atoms with Gasteiger partial charge in [0.15, 0.2) is 17.2 Å². The number of ether oxygens (including phenoxy) is 3. The van der Waals surface area contributed by atoms with Crippen LogP contribution in [0.5, 0.6) is 11.5 Å². The molecule has 1 amide bonds. The van der Waals surface area contributed by atoms with Crippen molar-refractivity contribution in [3.63, 3.8) is 0 Å². The van der Waals surface area contributed by atoms with Crippen LogP contribution in [0.4, 0.5) is 4.79 Å². The van der Waals surface area contributed by atoms with E-state index < -0.39 is 12.1 Å². The Morgan fingerprint density at radius 1 is 1.15 bits per heavy atom. The first-order valence-corrected chi connectivity index (χ1v) is 8.90. The van der Waals surface area contributed by atoms with E-state index in [1.165, 1.54) is 7.11 Å². The number of aromatic nitrogens is 2. The summed E-state index contributed by atoms with van der Waals surface area (Å²) in [5.41, 5.74) is 5.79. The van der Waals surface area contributed by atoms with Gasteiger partial charge in [0.05, 0.1) is 25.8 Å². The maximum atomic E-state index is 12.4. The van der Waals surface area contributed by atoms with Gasteiger partial charge in [0.1, 0.15) is 0 Å². The number of hydrogen-bond acceptors (Lipinski definition) is 7. The van der Waals surface area contributed by atoms with Crippen LogP contribution in [0.2, 0.25) is 0 Å². The van der Waals surface area contributed by atoms with Gasteiger partial charge < -0.3 is 24.8 Å². The number of nitrogens with zero attached hydrogens (tertiary/aromatic N) is 3. The molecular formula is C18H22N4O5. The molecule has 9 heteroatoms. The van der Waals surface area contributed by atoms with Crippen LogP contribution in [0.3, 0.4) is 0 Å². The minimum atomic E-state index is -1.16. The first-order chi connectivity index (χ1) is 13.0. The van der Waals surface area contributed by atoms with E-state index in [4.69, 9.17) is 15.2 Å². The minimum Gasteiger partial charge on any atom is -0.493 e. The number of esters is 1. The van der Waals surface area contributed by atoms with Crippen molar-refractivity contribution in [2.75, 3.05) is 33.9 Å². The summed E-state index contributed by atoms with van der Waals surface area (Å²) in [6.45, 7) is 3.06. The Bertz CT molecular complexity index is 901. The summed E-state index contributed by atoms with van der Waals surface area (Å²) in [7, 11) is 3.07. The smallest absolute Gasteiger partial charge is 0.412 e. The van der Waals surface area contributed by atoms with Crippen molar-refractivity contribution in [2.45, 2.75) is 18.9 Å². The van der Waals surface area contributed by atoms with Crippen molar-refractivity contribution in [2.24, 2.45) is 11.7 Å². The highest BCUT2D eigenvalue weighted by Gasteiger charge is 2.37. The van der Waals surface area contributed by atoms with Gasteiger partial charge >= 0.3 is 12.1 Å². The average Bonchev–Trinajstić information content (AvgIpc) is 3.05. The Morgan fingerprint density at radius 2 is 1.81 bits per heavy atom. The summed E-state index contributed by atoms with van der Waals surface area (Å²) in [6.07, 6.45) is 1.03. The maximum Gasteiger partial charge on any atom is 0.412 e. The van der Waals surface area contributed by atoms with Crippen LogP contribution in [-0.4, -0.2) is 60.6 Å². The largest absolute Gasteiger partial charge is 0.493 e. The molecule has 3 aliphatic heterocycles. The van der Waals surface area contributed by atoms with Gasteiger partial charge in [-0.05, 0) is 37.9 Å². The second-order valence-corrected chi connectivity index (χ2v) is 6.93. The third-order valence-electron chi connectivity index (χ3n) is 5.53. The van der Waals surface area contributed by atoms with Crippen LogP contribution in [0, 0.1) is 5.92 Å². The number of hydrogen-bond donors (Lipinski definition) is 1. The van der Waals surface area contributed by atoms with Crippen LogP contribution in [0.25, 0.3) is 10.9 Å². The fourth-order valence-electron chi connectivity index (χ4n) is 4.22. The summed E-state index contributed by atoms with van der Waals surface area (Å²) in [4.78, 5) is 25.8. The molecule has 144 valence electrons. The van der Waals surface area contributed by atoms with Crippen LogP contribution in [-0.2, 0) is 4.74 Å². The number of carbonyl (C=O) groups is 2. The third kappa shape index (κ3) is 2.97. The van der Waals surface area contributed by atoms with Gasteiger partial charge in [-0.15, -0.1) is 0 Å². The van der Waals surface area contributed by atoms with Crippen LogP contribution >= 0.6 is 0 Å². The van der Waals surface area contributed by atoms with E-state index in [-0.39, 0.29) is 11.7 Å². The zero-order valence-electron chi connectivity index (χ0n) is 15.3. The molecule has 0 radical (unpaired) electrons. The van der Waals surface area contributed by atoms with Gasteiger partial charge in [-0.2, -0.15) is 5.10 Å². The molecule has 0 saturated carbocycles. The lowest BCUT2D eigenvalue weighted by Gasteiger charge is -2.44. The molecule has 2 aromatic rings. The lowest BCUT2D eigenvalue weighted by atomic mass is 9.84. The van der Waals surface area contributed by atoms with Crippen LogP contribution in [0.15, 0.2) is 12.1 Å². The molecule has 1 aromatic heterocycles. The molecule has 4 heterocycles. The number of methoxy groups -OCH3 is 2. The van der Waals surface area contributed by atoms with Crippen molar-refractivity contribution < 1.29 is 23.8 Å². The average molecular weight is 374 g/mol. The maximum absolute atomic E-state index is 12.4. The van der Waals surface area contributed by atoms with Gasteiger partial charge in [-0.3, -0.25) is 4.68 Å². The molecule has 0 aliphatic carbocycles. The Hall–Kier alpha value is -2.81. The predicted octanol–water partition coefficient (Wildman–Crippen LogP) is 1.56. The summed E-state index contributed by atoms with van der Waals surface area (Å²) in [5.74, 6) is 0.625. The molecule has 9 nitrogen and oxygen atoms in total. The molecule has 1 atom stereocenters. The molecule has 2 N–H and O–H groups in total. The summed E-state index contributed by atoms with van der Waals surface area (Å²) in [5, 5.41) is 5.07. The second kappa shape index (κ2) is 6.73. The molecule has 5 rings (SSSR count). The van der Waals surface area contributed by atoms with Gasteiger partial charge in [-0.25, -0.2) is 9.59 Å². The van der Waals surface area contributed by atoms with E-state index in [1.54, 1.807) is 19.2 Å². The molecule has 1 aromatic carbocycles. The van der Waals surface area contributed by atoms with Gasteiger partial charge in [0, 0.05) is 18.0 Å². The number of benzene rings is 1. The number of fused-ring (bicyclic) bond motifs is 4. The van der Waals surface area contributed by atoms with E-state index in [0.717, 1.165) is 38.0 Å². The van der Waals surface area contributed by atoms with E-state index in [0.29, 0.717) is 22.8 Å². The first kappa shape index (κ1) is 17.6. The minimum absolute atomic E-state index is 0.0428. The second-order valence-electron chi connectivity index (χ2n) is 6.93. The third-order valence-corrected chi connectivity index (χ3v) is 5.53. The van der Waals surface area contributed by atoms with Crippen molar-refractivity contribution in [1.29, 1.82) is 0 Å². The highest BCUT2D eigenvalue weighted by molar-refractivity contribution is 6.06. The van der Waals surface area contributed by atoms with Crippen LogP contribution in [0.1, 0.15) is 29.4 Å². The predicted molar refractivity (Wildman–Crippen MR) is 96.0 cm³/mol. The zero-order chi connectivity index (χ0) is 19.1. The van der Waals surface area contributed by atoms with E-state index >= 15 is 0 Å². The molecule has 3 aliphatic rings. The fourth-order valence-corrected chi connectivity index (χ4v) is 4.22. The highest BCUT2D eigenvalue weighted by Crippen LogP contribution is 2.40. The van der Waals surface area contributed by atoms with E-state index in [1.807, 2.05) is 4.68 Å². The normalized spacial score (nSPS) is 24.0. The Balaban J connectivity index is 1.87. The van der Waals surface area contributed by atoms with Crippen molar-refractivity contribution in [1.82, 2.24) is 14.7 Å². The van der Waals surface area contributed by atoms with Crippen molar-refractivity contribution in [3.8, 4) is 11.5 Å². The molecule has 0 spiro atoms. The monoisotopic (exact) mass is 374 g/mol. The number of amides is 1. The lowest BCUT2D eigenvalue weighted by molar-refractivity contribution is 0.0518. The molecule has 3 saturated heterocycles. The Kier molecular flexibility index (Phi) is 4.39. The number of rotatable bonds is 4. The summed E-state index contributed by atoms with van der Waals surface area (Å²) >= 11 is 0. The summed E-state index contributed by atoms with van der Waals surface area (Å²) in [6, 6.07) is 3.62. The van der Waals surface area contributed by atoms with Crippen LogP contribution < -0.4 is 15.2 Å². The SMILES string of the molecule is COc1cc2c(C(=O)OC(N)=O)nn([C@@H]3CN4CCC3CC4)c2cc1OC. The topological polar surface area (TPSA) is 109 Å². The molecule has 3 fully saturated rings. The fraction of sp³-hybridized carbons (Fsp3) is 0.500. The van der Waals surface area contributed by atoms with Gasteiger partial charge in [-0.1, -0.05) is 0 Å². The van der Waals surface area contributed by atoms with E-state index in [9.17, 15) is 9.59 Å². The number of carbonyl (C=O) groups excluding carboxylic acids is 2. The number of primary amides is 1. The van der Waals surface area contributed by atoms with Gasteiger partial charge in [0.2, 0.25) is 0 Å². The number of piperidine rings is 3. The van der Waals surface area contributed by atoms with E-state index in [2.05, 4.69) is 14.7 Å². The first-order valence-electron chi connectivity index (χ1n) is 8.90. The molecule has 2 bridgehead atoms. The van der Waals surface area contributed by atoms with Gasteiger partial charge in [0.25, 0.3) is 0 Å². The standard InChI is InChI=1S/C18H22N4O5/c1-25-14-7-11-12(8-15(14)26-2)22(20-16(11)17(23)27-18(19)24)13-9-21-5-3-10(13)4-6-21/h7-8,10,13H,3-6,9H2,1-2H3,(H2,19,24)/t13-/m1/s1. The highest BCUT2D eigenvalue weighted by atomic mass is 16.6. The molecule has 27 heavy (non-hydrogen) atoms. The number of nitrogens with two attached hydrogens (primary N) is 1.